The quantitative estimate of drug-likeness (QED) is 0.356. The molecule has 38 heavy (non-hydrogen) atoms. The van der Waals surface area contributed by atoms with E-state index < -0.39 is 0 Å². The van der Waals surface area contributed by atoms with Crippen molar-refractivity contribution in [3.05, 3.63) is 36.5 Å². The number of benzene rings is 1. The molecule has 0 aliphatic carbocycles. The lowest BCUT2D eigenvalue weighted by Gasteiger charge is -2.35. The number of aromatic nitrogens is 3. The lowest BCUT2D eigenvalue weighted by atomic mass is 9.92. The Morgan fingerprint density at radius 3 is 2.61 bits per heavy atom. The number of aliphatic hydroxyl groups is 1. The molecule has 2 fully saturated rings. The van der Waals surface area contributed by atoms with Crippen LogP contribution in [0.5, 0.6) is 0 Å². The van der Waals surface area contributed by atoms with E-state index in [1.165, 1.54) is 31.2 Å². The molecule has 8 bridgehead atoms. The molecular weight excluding hydrogens is 500 g/mol. The van der Waals surface area contributed by atoms with E-state index in [1.807, 2.05) is 24.4 Å². The summed E-state index contributed by atoms with van der Waals surface area (Å²) in [7, 11) is 0. The summed E-state index contributed by atoms with van der Waals surface area (Å²) in [5, 5.41) is 18.1. The maximum Gasteiger partial charge on any atom is 0.250 e. The van der Waals surface area contributed by atoms with Gasteiger partial charge in [-0.1, -0.05) is 11.9 Å². The van der Waals surface area contributed by atoms with Crippen molar-refractivity contribution in [1.82, 2.24) is 15.2 Å². The number of nitrogens with zero attached hydrogens (tertiary/aromatic N) is 5. The van der Waals surface area contributed by atoms with E-state index in [0.29, 0.717) is 23.6 Å². The molecule has 0 amide bonds. The molecule has 2 aromatic heterocycles. The molecule has 8 heterocycles. The van der Waals surface area contributed by atoms with E-state index >= 15 is 0 Å². The van der Waals surface area contributed by atoms with E-state index in [-0.39, 0.29) is 6.61 Å². The number of anilines is 3. The summed E-state index contributed by atoms with van der Waals surface area (Å²) in [6, 6.07) is 10.2. The summed E-state index contributed by atoms with van der Waals surface area (Å²) in [5.41, 5.74) is 3.87. The Labute approximate surface area is 228 Å². The largest absolute Gasteiger partial charge is 0.416 e. The first-order valence-corrected chi connectivity index (χ1v) is 14.8. The molecule has 6 aliphatic heterocycles. The van der Waals surface area contributed by atoms with E-state index in [4.69, 9.17) is 14.3 Å². The monoisotopic (exact) mass is 536 g/mol. The normalized spacial score (nSPS) is 21.8. The highest BCUT2D eigenvalue weighted by Crippen LogP contribution is 2.37. The van der Waals surface area contributed by atoms with Crippen LogP contribution in [0.1, 0.15) is 38.5 Å². The highest BCUT2D eigenvalue weighted by molar-refractivity contribution is 8.00. The summed E-state index contributed by atoms with van der Waals surface area (Å²) in [5.74, 6) is 3.37. The van der Waals surface area contributed by atoms with Gasteiger partial charge in [0.15, 0.2) is 0 Å². The fourth-order valence-electron chi connectivity index (χ4n) is 5.73. The van der Waals surface area contributed by atoms with Crippen molar-refractivity contribution in [2.45, 2.75) is 44.6 Å². The molecule has 0 atom stereocenters. The number of nitrogens with one attached hydrogen (secondary N) is 1. The number of hydrogen-bond acceptors (Lipinski definition) is 10. The first kappa shape index (κ1) is 25.5. The maximum absolute atomic E-state index is 9.16. The Balaban J connectivity index is 1.33. The van der Waals surface area contributed by atoms with Crippen LogP contribution in [-0.4, -0.2) is 71.5 Å². The van der Waals surface area contributed by atoms with Gasteiger partial charge in [0.05, 0.1) is 24.0 Å². The molecule has 3 aromatic rings. The second-order valence-corrected chi connectivity index (χ2v) is 11.3. The van der Waals surface area contributed by atoms with Gasteiger partial charge < -0.3 is 28.8 Å². The number of ether oxygens (including phenoxy) is 1. The van der Waals surface area contributed by atoms with Gasteiger partial charge in [-0.3, -0.25) is 0 Å². The van der Waals surface area contributed by atoms with Crippen molar-refractivity contribution < 1.29 is 14.3 Å². The van der Waals surface area contributed by atoms with Gasteiger partial charge >= 0.3 is 0 Å². The van der Waals surface area contributed by atoms with Crippen molar-refractivity contribution in [1.29, 1.82) is 0 Å². The fraction of sp³-hybridized carbons (Fsp3) is 0.536. The second kappa shape index (κ2) is 11.9. The average molecular weight is 537 g/mol. The molecule has 0 spiro atoms. The van der Waals surface area contributed by atoms with Crippen molar-refractivity contribution in [3.63, 3.8) is 0 Å². The summed E-state index contributed by atoms with van der Waals surface area (Å²) >= 11 is 1.49. The van der Waals surface area contributed by atoms with Crippen LogP contribution in [0.25, 0.3) is 22.9 Å². The number of pyridine rings is 1. The third-order valence-electron chi connectivity index (χ3n) is 7.86. The molecule has 202 valence electrons. The Morgan fingerprint density at radius 1 is 0.947 bits per heavy atom. The Morgan fingerprint density at radius 2 is 1.76 bits per heavy atom. The molecule has 2 N–H and O–H groups in total. The Hall–Kier alpha value is -2.82. The summed E-state index contributed by atoms with van der Waals surface area (Å²) in [6.07, 6.45) is 8.93. The fourth-order valence-corrected chi connectivity index (χ4v) is 6.21. The maximum atomic E-state index is 9.16. The van der Waals surface area contributed by atoms with Crippen LogP contribution >= 0.6 is 11.9 Å². The molecule has 0 saturated carbocycles. The lowest BCUT2D eigenvalue weighted by molar-refractivity contribution is 0.0329. The zero-order valence-corrected chi connectivity index (χ0v) is 22.5. The predicted molar refractivity (Wildman–Crippen MR) is 151 cm³/mol. The Kier molecular flexibility index (Phi) is 7.99. The molecule has 9 nitrogen and oxygen atoms in total. The van der Waals surface area contributed by atoms with Crippen LogP contribution in [-0.2, 0) is 4.74 Å². The highest BCUT2D eigenvalue weighted by Gasteiger charge is 2.26. The first-order chi connectivity index (χ1) is 18.8. The second-order valence-electron chi connectivity index (χ2n) is 10.4. The lowest BCUT2D eigenvalue weighted by Crippen LogP contribution is -2.37. The van der Waals surface area contributed by atoms with E-state index in [2.05, 4.69) is 41.8 Å². The zero-order chi connectivity index (χ0) is 25.7. The van der Waals surface area contributed by atoms with Gasteiger partial charge in [-0.15, -0.1) is 10.2 Å². The van der Waals surface area contributed by atoms with E-state index in [0.717, 1.165) is 86.3 Å². The van der Waals surface area contributed by atoms with Crippen LogP contribution < -0.4 is 14.5 Å². The smallest absolute Gasteiger partial charge is 0.250 e. The highest BCUT2D eigenvalue weighted by atomic mass is 32.2. The Bertz CT molecular complexity index is 1210. The third-order valence-corrected chi connectivity index (χ3v) is 8.63. The first-order valence-electron chi connectivity index (χ1n) is 13.8. The third kappa shape index (κ3) is 5.77. The van der Waals surface area contributed by atoms with Gasteiger partial charge in [-0.05, 0) is 74.8 Å². The van der Waals surface area contributed by atoms with Crippen molar-refractivity contribution >= 4 is 29.1 Å². The van der Waals surface area contributed by atoms with Crippen LogP contribution in [0, 0.1) is 5.92 Å². The summed E-state index contributed by atoms with van der Waals surface area (Å²) in [6.45, 7) is 4.86. The molecule has 0 unspecified atom stereocenters. The number of rotatable bonds is 4. The van der Waals surface area contributed by atoms with Crippen LogP contribution in [0.2, 0.25) is 0 Å². The number of aliphatic hydroxyl groups excluding tert-OH is 1. The van der Waals surface area contributed by atoms with Gasteiger partial charge in [0, 0.05) is 56.0 Å². The van der Waals surface area contributed by atoms with Crippen LogP contribution in [0.15, 0.2) is 40.9 Å². The molecule has 10 heteroatoms. The molecular formula is C28H36N6O3S. The number of piperidine rings is 2. The van der Waals surface area contributed by atoms with Gasteiger partial charge in [0.2, 0.25) is 11.8 Å². The van der Waals surface area contributed by atoms with Gasteiger partial charge in [0.1, 0.15) is 5.82 Å². The minimum atomic E-state index is 0.135. The van der Waals surface area contributed by atoms with Crippen molar-refractivity contribution in [2.24, 2.45) is 5.92 Å². The standard InChI is InChI=1S/C28H36N6O3S/c35-15-17-38-32-22-3-4-24-25(19-22)33-13-8-23(9-14-33)36-16-1-2-20-6-11-34(12-7-20)26-18-21(5-10-29-26)27-30-31-28(24)37-27/h3-5,10,18-20,23,32,35H,1-2,6-9,11-17H2. The predicted octanol–water partition coefficient (Wildman–Crippen LogP) is 4.85. The van der Waals surface area contributed by atoms with Crippen molar-refractivity contribution in [3.8, 4) is 22.9 Å². The van der Waals surface area contributed by atoms with Crippen molar-refractivity contribution in [2.75, 3.05) is 59.7 Å². The number of hydrogen-bond donors (Lipinski definition) is 2. The van der Waals surface area contributed by atoms with Crippen LogP contribution in [0.4, 0.5) is 17.2 Å². The SMILES string of the molecule is OCCSNc1ccc2c(c1)N1CCC(CC1)OCCCC1CCN(CC1)c1cc(ccn1)-c1nnc-2o1. The minimum Gasteiger partial charge on any atom is -0.416 e. The van der Waals surface area contributed by atoms with Gasteiger partial charge in [0.25, 0.3) is 0 Å². The molecule has 2 saturated heterocycles. The van der Waals surface area contributed by atoms with Crippen LogP contribution in [0.3, 0.4) is 0 Å². The average Bonchev–Trinajstić information content (AvgIpc) is 3.46. The summed E-state index contributed by atoms with van der Waals surface area (Å²) < 4.78 is 15.9. The molecule has 9 rings (SSSR count). The summed E-state index contributed by atoms with van der Waals surface area (Å²) in [4.78, 5) is 9.42. The van der Waals surface area contributed by atoms with E-state index in [1.54, 1.807) is 0 Å². The zero-order valence-electron chi connectivity index (χ0n) is 21.7. The van der Waals surface area contributed by atoms with Gasteiger partial charge in [-0.2, -0.15) is 0 Å². The topological polar surface area (TPSA) is 99.8 Å². The molecule has 1 aromatic carbocycles. The van der Waals surface area contributed by atoms with Gasteiger partial charge in [-0.25, -0.2) is 4.98 Å². The van der Waals surface area contributed by atoms with E-state index in [9.17, 15) is 0 Å². The molecule has 6 aliphatic rings. The minimum absolute atomic E-state index is 0.135. The molecule has 0 radical (unpaired) electrons.